The molecular weight excluding hydrogens is 274 g/mol. The molecule has 18 heavy (non-hydrogen) atoms. The second-order valence-electron chi connectivity index (χ2n) is 4.95. The molecule has 0 aliphatic heterocycles. The highest BCUT2D eigenvalue weighted by atomic mass is 35.5. The van der Waals surface area contributed by atoms with Crippen LogP contribution in [0.2, 0.25) is 0 Å². The van der Waals surface area contributed by atoms with Crippen LogP contribution in [0.1, 0.15) is 32.1 Å². The summed E-state index contributed by atoms with van der Waals surface area (Å²) in [6.45, 7) is 0.407. The molecule has 5 nitrogen and oxygen atoms in total. The van der Waals surface area contributed by atoms with Crippen LogP contribution in [0, 0.1) is 5.41 Å². The molecule has 0 radical (unpaired) electrons. The molecule has 1 aliphatic carbocycles. The van der Waals surface area contributed by atoms with E-state index in [0.29, 0.717) is 12.4 Å². The number of aromatic nitrogens is 2. The van der Waals surface area contributed by atoms with Crippen LogP contribution in [-0.4, -0.2) is 31.0 Å². The molecule has 1 heterocycles. The maximum Gasteiger partial charge on any atom is 0.243 e. The molecule has 102 valence electrons. The average Bonchev–Trinajstić information content (AvgIpc) is 2.92. The number of halogens is 1. The summed E-state index contributed by atoms with van der Waals surface area (Å²) in [7, 11) is -3.47. The Balaban J connectivity index is 2.02. The van der Waals surface area contributed by atoms with E-state index in [9.17, 15) is 8.42 Å². The van der Waals surface area contributed by atoms with Crippen LogP contribution in [0.5, 0.6) is 0 Å². The molecule has 0 bridgehead atoms. The van der Waals surface area contributed by atoms with Gasteiger partial charge in [0.25, 0.3) is 0 Å². The molecule has 0 spiro atoms. The molecule has 0 aromatic carbocycles. The number of hydrogen-bond donors (Lipinski definition) is 2. The summed E-state index contributed by atoms with van der Waals surface area (Å²) in [5, 5.41) is 6.15. The van der Waals surface area contributed by atoms with E-state index in [4.69, 9.17) is 11.6 Å². The van der Waals surface area contributed by atoms with E-state index in [-0.39, 0.29) is 10.3 Å². The normalized spacial score (nSPS) is 19.8. The van der Waals surface area contributed by atoms with Gasteiger partial charge in [0.15, 0.2) is 0 Å². The molecule has 1 aromatic rings. The molecule has 0 amide bonds. The van der Waals surface area contributed by atoms with Crippen molar-refractivity contribution in [3.63, 3.8) is 0 Å². The van der Waals surface area contributed by atoms with Crippen molar-refractivity contribution in [2.75, 3.05) is 12.4 Å². The van der Waals surface area contributed by atoms with E-state index in [1.165, 1.54) is 18.8 Å². The van der Waals surface area contributed by atoms with Gasteiger partial charge >= 0.3 is 0 Å². The minimum atomic E-state index is -3.47. The summed E-state index contributed by atoms with van der Waals surface area (Å²) in [6.07, 6.45) is 8.12. The summed E-state index contributed by atoms with van der Waals surface area (Å²) in [5.74, 6) is 0.501. The van der Waals surface area contributed by atoms with E-state index in [1.54, 1.807) is 0 Å². The average molecular weight is 292 g/mol. The lowest BCUT2D eigenvalue weighted by Gasteiger charge is -2.35. The SMILES string of the molecule is O=S(=O)(NCC1(CCl)CCCCC1)c1cn[nH]c1. The van der Waals surface area contributed by atoms with Crippen molar-refractivity contribution in [3.8, 4) is 0 Å². The van der Waals surface area contributed by atoms with Crippen LogP contribution in [0.15, 0.2) is 17.3 Å². The van der Waals surface area contributed by atoms with Crippen LogP contribution in [0.25, 0.3) is 0 Å². The first-order valence-corrected chi connectivity index (χ1v) is 8.14. The zero-order valence-electron chi connectivity index (χ0n) is 10.2. The topological polar surface area (TPSA) is 74.8 Å². The second kappa shape index (κ2) is 5.59. The van der Waals surface area contributed by atoms with Crippen LogP contribution < -0.4 is 4.72 Å². The highest BCUT2D eigenvalue weighted by Gasteiger charge is 2.32. The third kappa shape index (κ3) is 3.05. The van der Waals surface area contributed by atoms with Gasteiger partial charge in [-0.1, -0.05) is 19.3 Å². The number of nitrogens with zero attached hydrogens (tertiary/aromatic N) is 1. The van der Waals surface area contributed by atoms with E-state index < -0.39 is 10.0 Å². The van der Waals surface area contributed by atoms with Gasteiger partial charge in [-0.2, -0.15) is 5.10 Å². The van der Waals surface area contributed by atoms with Gasteiger partial charge in [-0.25, -0.2) is 13.1 Å². The molecular formula is C11H18ClN3O2S. The van der Waals surface area contributed by atoms with Gasteiger partial charge in [-0.15, -0.1) is 11.6 Å². The molecule has 7 heteroatoms. The standard InChI is InChI=1S/C11H18ClN3O2S/c12-8-11(4-2-1-3-5-11)9-15-18(16,17)10-6-13-14-7-10/h6-7,15H,1-5,8-9H2,(H,13,14). The smallest absolute Gasteiger partial charge is 0.243 e. The summed E-state index contributed by atoms with van der Waals surface area (Å²) < 4.78 is 26.6. The van der Waals surface area contributed by atoms with Crippen molar-refractivity contribution >= 4 is 21.6 Å². The Labute approximate surface area is 112 Å². The molecule has 2 rings (SSSR count). The fourth-order valence-corrected chi connectivity index (χ4v) is 3.80. The maximum absolute atomic E-state index is 12.0. The van der Waals surface area contributed by atoms with Gasteiger partial charge in [0.1, 0.15) is 4.90 Å². The monoisotopic (exact) mass is 291 g/mol. The van der Waals surface area contributed by atoms with Crippen molar-refractivity contribution < 1.29 is 8.42 Å². The number of nitrogens with one attached hydrogen (secondary N) is 2. The summed E-state index contributed by atoms with van der Waals surface area (Å²) in [4.78, 5) is 0.169. The van der Waals surface area contributed by atoms with E-state index in [1.807, 2.05) is 0 Å². The Bertz CT molecular complexity index is 466. The Morgan fingerprint density at radius 2 is 2.11 bits per heavy atom. The molecule has 0 unspecified atom stereocenters. The Kier molecular flexibility index (Phi) is 4.29. The summed E-state index contributed by atoms with van der Waals surface area (Å²) in [6, 6.07) is 0. The predicted octanol–water partition coefficient (Wildman–Crippen LogP) is 1.88. The largest absolute Gasteiger partial charge is 0.284 e. The third-order valence-corrected chi connectivity index (χ3v) is 5.55. The van der Waals surface area contributed by atoms with Crippen molar-refractivity contribution in [3.05, 3.63) is 12.4 Å². The highest BCUT2D eigenvalue weighted by Crippen LogP contribution is 2.37. The number of sulfonamides is 1. The maximum atomic E-state index is 12.0. The van der Waals surface area contributed by atoms with Crippen molar-refractivity contribution in [1.82, 2.24) is 14.9 Å². The van der Waals surface area contributed by atoms with E-state index in [0.717, 1.165) is 25.7 Å². The van der Waals surface area contributed by atoms with Gasteiger partial charge in [0, 0.05) is 18.6 Å². The summed E-state index contributed by atoms with van der Waals surface area (Å²) in [5.41, 5.74) is -0.0867. The van der Waals surface area contributed by atoms with Crippen LogP contribution >= 0.6 is 11.6 Å². The lowest BCUT2D eigenvalue weighted by Crippen LogP contribution is -2.40. The molecule has 0 atom stereocenters. The number of hydrogen-bond acceptors (Lipinski definition) is 3. The molecule has 1 fully saturated rings. The lowest BCUT2D eigenvalue weighted by atomic mass is 9.76. The van der Waals surface area contributed by atoms with Crippen molar-refractivity contribution in [2.24, 2.45) is 5.41 Å². The van der Waals surface area contributed by atoms with Gasteiger partial charge in [-0.05, 0) is 18.3 Å². The zero-order valence-corrected chi connectivity index (χ0v) is 11.7. The first kappa shape index (κ1) is 13.8. The van der Waals surface area contributed by atoms with Crippen molar-refractivity contribution in [1.29, 1.82) is 0 Å². The fourth-order valence-electron chi connectivity index (χ4n) is 2.38. The number of aromatic amines is 1. The Hall–Kier alpha value is -0.590. The predicted molar refractivity (Wildman–Crippen MR) is 70.0 cm³/mol. The Morgan fingerprint density at radius 3 is 2.67 bits per heavy atom. The number of rotatable bonds is 5. The fraction of sp³-hybridized carbons (Fsp3) is 0.727. The van der Waals surface area contributed by atoms with Gasteiger partial charge < -0.3 is 0 Å². The highest BCUT2D eigenvalue weighted by molar-refractivity contribution is 7.89. The van der Waals surface area contributed by atoms with Gasteiger partial charge in [-0.3, -0.25) is 5.10 Å². The number of alkyl halides is 1. The minimum Gasteiger partial charge on any atom is -0.284 e. The summed E-state index contributed by atoms with van der Waals surface area (Å²) >= 11 is 6.04. The van der Waals surface area contributed by atoms with Crippen molar-refractivity contribution in [2.45, 2.75) is 37.0 Å². The quantitative estimate of drug-likeness (QED) is 0.813. The van der Waals surface area contributed by atoms with Gasteiger partial charge in [0.05, 0.1) is 6.20 Å². The molecule has 1 saturated carbocycles. The molecule has 1 aliphatic rings. The van der Waals surface area contributed by atoms with E-state index in [2.05, 4.69) is 14.9 Å². The van der Waals surface area contributed by atoms with Crippen LogP contribution in [-0.2, 0) is 10.0 Å². The minimum absolute atomic E-state index is 0.0867. The van der Waals surface area contributed by atoms with Crippen LogP contribution in [0.3, 0.4) is 0 Å². The second-order valence-corrected chi connectivity index (χ2v) is 6.99. The first-order valence-electron chi connectivity index (χ1n) is 6.12. The first-order chi connectivity index (χ1) is 8.58. The zero-order chi connectivity index (χ0) is 13.1. The lowest BCUT2D eigenvalue weighted by molar-refractivity contribution is 0.223. The molecule has 0 saturated heterocycles. The third-order valence-electron chi connectivity index (χ3n) is 3.62. The molecule has 1 aromatic heterocycles. The molecule has 2 N–H and O–H groups in total. The van der Waals surface area contributed by atoms with Gasteiger partial charge in [0.2, 0.25) is 10.0 Å². The van der Waals surface area contributed by atoms with Crippen LogP contribution in [0.4, 0.5) is 0 Å². The van der Waals surface area contributed by atoms with E-state index >= 15 is 0 Å². The Morgan fingerprint density at radius 1 is 1.39 bits per heavy atom. The number of H-pyrrole nitrogens is 1.